The highest BCUT2D eigenvalue weighted by molar-refractivity contribution is 6.25. The lowest BCUT2D eigenvalue weighted by Gasteiger charge is -2.18. The van der Waals surface area contributed by atoms with Gasteiger partial charge in [0, 0.05) is 25.7 Å². The molecule has 5 heteroatoms. The number of hydrogen-bond acceptors (Lipinski definition) is 5. The second-order valence-electron chi connectivity index (χ2n) is 4.76. The van der Waals surface area contributed by atoms with Gasteiger partial charge in [-0.2, -0.15) is 0 Å². The number of aromatic nitrogens is 1. The fourth-order valence-corrected chi connectivity index (χ4v) is 2.14. The highest BCUT2D eigenvalue weighted by atomic mass is 16.6. The monoisotopic (exact) mass is 268 g/mol. The van der Waals surface area contributed by atoms with Crippen LogP contribution in [0.2, 0.25) is 0 Å². The number of para-hydroxylation sites is 1. The first-order valence-corrected chi connectivity index (χ1v) is 6.11. The van der Waals surface area contributed by atoms with E-state index in [0.717, 1.165) is 10.9 Å². The fourth-order valence-electron chi connectivity index (χ4n) is 2.14. The van der Waals surface area contributed by atoms with Crippen LogP contribution >= 0.6 is 0 Å². The summed E-state index contributed by atoms with van der Waals surface area (Å²) in [4.78, 5) is 29.9. The van der Waals surface area contributed by atoms with E-state index in [1.165, 1.54) is 0 Å². The largest absolute Gasteiger partial charge is 0.386 e. The Morgan fingerprint density at radius 1 is 1.15 bits per heavy atom. The maximum Gasteiger partial charge on any atom is 0.349 e. The Kier molecular flexibility index (Phi) is 2.75. The molecule has 1 aliphatic rings. The molecule has 1 aromatic heterocycles. The number of hydrogen-bond donors (Lipinski definition) is 0. The normalized spacial score (nSPS) is 16.2. The zero-order chi connectivity index (χ0) is 14.3. The van der Waals surface area contributed by atoms with E-state index in [4.69, 9.17) is 4.74 Å². The molecule has 0 aliphatic carbocycles. The minimum Gasteiger partial charge on any atom is -0.386 e. The van der Waals surface area contributed by atoms with Crippen molar-refractivity contribution in [3.05, 3.63) is 47.8 Å². The Morgan fingerprint density at radius 3 is 2.65 bits per heavy atom. The van der Waals surface area contributed by atoms with Crippen molar-refractivity contribution in [2.24, 2.45) is 0 Å². The molecule has 100 valence electrons. The van der Waals surface area contributed by atoms with E-state index in [2.05, 4.69) is 4.98 Å². The molecule has 2 heterocycles. The van der Waals surface area contributed by atoms with E-state index in [-0.39, 0.29) is 5.57 Å². The van der Waals surface area contributed by atoms with Gasteiger partial charge in [0.1, 0.15) is 5.57 Å². The number of benzene rings is 1. The molecule has 0 spiro atoms. The predicted molar refractivity (Wildman–Crippen MR) is 73.8 cm³/mol. The summed E-state index contributed by atoms with van der Waals surface area (Å²) in [5, 5.41) is 0.835. The molecule has 0 radical (unpaired) electrons. The molecular formula is C15H12N2O3. The van der Waals surface area contributed by atoms with Crippen molar-refractivity contribution < 1.29 is 14.3 Å². The summed E-state index contributed by atoms with van der Waals surface area (Å²) in [6, 6.07) is 9.14. The van der Waals surface area contributed by atoms with Crippen LogP contribution in [0.3, 0.4) is 0 Å². The van der Waals surface area contributed by atoms with Gasteiger partial charge >= 0.3 is 11.9 Å². The van der Waals surface area contributed by atoms with Gasteiger partial charge in [0.05, 0.1) is 16.8 Å². The van der Waals surface area contributed by atoms with Gasteiger partial charge in [-0.1, -0.05) is 18.2 Å². The molecule has 2 aromatic rings. The topological polar surface area (TPSA) is 59.5 Å². The minimum atomic E-state index is -0.668. The zero-order valence-corrected chi connectivity index (χ0v) is 11.1. The number of cyclic esters (lactones) is 2. The summed E-state index contributed by atoms with van der Waals surface area (Å²) < 4.78 is 4.76. The molecule has 0 amide bonds. The summed E-state index contributed by atoms with van der Waals surface area (Å²) in [6.07, 6.45) is 1.61. The molecule has 1 aliphatic heterocycles. The third-order valence-corrected chi connectivity index (χ3v) is 2.99. The smallest absolute Gasteiger partial charge is 0.349 e. The molecule has 1 aromatic carbocycles. The Hall–Kier alpha value is -2.69. The highest BCUT2D eigenvalue weighted by Crippen LogP contribution is 2.28. The molecular weight excluding hydrogens is 256 g/mol. The molecule has 0 fully saturated rings. The molecule has 0 bridgehead atoms. The summed E-state index contributed by atoms with van der Waals surface area (Å²) in [5.74, 6) is -1.32. The van der Waals surface area contributed by atoms with Crippen molar-refractivity contribution in [2.75, 3.05) is 14.1 Å². The van der Waals surface area contributed by atoms with Crippen molar-refractivity contribution >= 4 is 28.4 Å². The average Bonchev–Trinajstić information content (AvgIpc) is 2.41. The van der Waals surface area contributed by atoms with Crippen molar-refractivity contribution in [3.8, 4) is 0 Å². The van der Waals surface area contributed by atoms with Crippen LogP contribution in [0.1, 0.15) is 16.1 Å². The van der Waals surface area contributed by atoms with Crippen LogP contribution in [0.4, 0.5) is 0 Å². The summed E-state index contributed by atoms with van der Waals surface area (Å²) in [7, 11) is 3.58. The first-order valence-electron chi connectivity index (χ1n) is 6.11. The van der Waals surface area contributed by atoms with Crippen LogP contribution in [0.15, 0.2) is 36.5 Å². The molecule has 0 unspecified atom stereocenters. The number of fused-ring (bicyclic) bond motifs is 2. The Labute approximate surface area is 115 Å². The minimum absolute atomic E-state index is 0.287. The van der Waals surface area contributed by atoms with Gasteiger partial charge < -0.3 is 9.64 Å². The lowest BCUT2D eigenvalue weighted by molar-refractivity contribution is -0.131. The first-order chi connectivity index (χ1) is 9.56. The maximum absolute atomic E-state index is 11.9. The van der Waals surface area contributed by atoms with E-state index >= 15 is 0 Å². The van der Waals surface area contributed by atoms with E-state index in [9.17, 15) is 9.59 Å². The van der Waals surface area contributed by atoms with Crippen molar-refractivity contribution in [1.29, 1.82) is 0 Å². The number of ether oxygens (including phenoxy) is 1. The molecule has 0 N–H and O–H groups in total. The zero-order valence-electron chi connectivity index (χ0n) is 11.1. The lowest BCUT2D eigenvalue weighted by atomic mass is 10.0. The van der Waals surface area contributed by atoms with Gasteiger partial charge in [-0.15, -0.1) is 0 Å². The lowest BCUT2D eigenvalue weighted by Crippen LogP contribution is -2.24. The van der Waals surface area contributed by atoms with Crippen LogP contribution < -0.4 is 0 Å². The second-order valence-corrected chi connectivity index (χ2v) is 4.76. The van der Waals surface area contributed by atoms with Crippen LogP contribution in [-0.2, 0) is 9.53 Å². The Morgan fingerprint density at radius 2 is 1.90 bits per heavy atom. The summed E-state index contributed by atoms with van der Waals surface area (Å²) in [5.41, 5.74) is 1.71. The Bertz CT molecular complexity index is 763. The molecule has 3 rings (SSSR count). The van der Waals surface area contributed by atoms with Crippen LogP contribution in [0.25, 0.3) is 16.5 Å². The van der Waals surface area contributed by atoms with E-state index in [1.807, 2.05) is 24.3 Å². The molecule has 0 saturated heterocycles. The first kappa shape index (κ1) is 12.3. The maximum atomic E-state index is 11.9. The summed E-state index contributed by atoms with van der Waals surface area (Å²) >= 11 is 0. The van der Waals surface area contributed by atoms with Crippen molar-refractivity contribution in [1.82, 2.24) is 9.88 Å². The third-order valence-electron chi connectivity index (χ3n) is 2.99. The number of carbonyl (C=O) groups excluding carboxylic acids is 2. The van der Waals surface area contributed by atoms with Crippen LogP contribution in [-0.4, -0.2) is 35.9 Å². The van der Waals surface area contributed by atoms with E-state index in [0.29, 0.717) is 11.3 Å². The van der Waals surface area contributed by atoms with Gasteiger partial charge in [0.25, 0.3) is 0 Å². The quantitative estimate of drug-likeness (QED) is 0.448. The van der Waals surface area contributed by atoms with Gasteiger partial charge in [-0.3, -0.25) is 0 Å². The van der Waals surface area contributed by atoms with Gasteiger partial charge in [-0.05, 0) is 12.1 Å². The number of pyridine rings is 1. The molecule has 0 saturated carbocycles. The van der Waals surface area contributed by atoms with Crippen molar-refractivity contribution in [2.45, 2.75) is 0 Å². The van der Waals surface area contributed by atoms with Gasteiger partial charge in [0.15, 0.2) is 0 Å². The van der Waals surface area contributed by atoms with E-state index < -0.39 is 11.9 Å². The van der Waals surface area contributed by atoms with Crippen LogP contribution in [0, 0.1) is 0 Å². The van der Waals surface area contributed by atoms with Gasteiger partial charge in [0.2, 0.25) is 0 Å². The van der Waals surface area contributed by atoms with Gasteiger partial charge in [-0.25, -0.2) is 14.6 Å². The Balaban J connectivity index is 2.31. The molecule has 20 heavy (non-hydrogen) atoms. The summed E-state index contributed by atoms with van der Waals surface area (Å²) in [6.45, 7) is 0. The highest BCUT2D eigenvalue weighted by Gasteiger charge is 2.31. The standard InChI is InChI=1S/C15H12N2O3/c1-17(2)8-11-13-10(14(18)20-15(11)19)7-9-5-3-4-6-12(9)16-13/h3-8H,1-2H3/b11-8+. The molecule has 5 nitrogen and oxygen atoms in total. The van der Waals surface area contributed by atoms with Crippen LogP contribution in [0.5, 0.6) is 0 Å². The number of nitrogens with zero attached hydrogens (tertiary/aromatic N) is 2. The average molecular weight is 268 g/mol. The van der Waals surface area contributed by atoms with E-state index in [1.54, 1.807) is 31.3 Å². The van der Waals surface area contributed by atoms with Crippen molar-refractivity contribution in [3.63, 3.8) is 0 Å². The number of carbonyl (C=O) groups is 2. The second kappa shape index (κ2) is 4.45. The number of rotatable bonds is 1. The SMILES string of the molecule is CN(C)/C=C1/C(=O)OC(=O)c2cc3ccccc3nc21. The fraction of sp³-hybridized carbons (Fsp3) is 0.133. The molecule has 0 atom stereocenters. The third kappa shape index (κ3) is 1.93. The predicted octanol–water partition coefficient (Wildman–Crippen LogP) is 1.83. The number of esters is 2.